The van der Waals surface area contributed by atoms with Crippen LogP contribution in [0.25, 0.3) is 0 Å². The van der Waals surface area contributed by atoms with Gasteiger partial charge in [-0.2, -0.15) is 0 Å². The fraction of sp³-hybridized carbons (Fsp3) is 0.600. The van der Waals surface area contributed by atoms with Gasteiger partial charge < -0.3 is 15.2 Å². The van der Waals surface area contributed by atoms with E-state index in [-0.39, 0.29) is 0 Å². The Kier molecular flexibility index (Phi) is 4.88. The molecule has 1 fully saturated rings. The Balaban J connectivity index is 1.93. The smallest absolute Gasteiger partial charge is 0.127 e. The summed E-state index contributed by atoms with van der Waals surface area (Å²) >= 11 is 0. The summed E-state index contributed by atoms with van der Waals surface area (Å²) in [6, 6.07) is 5.92. The van der Waals surface area contributed by atoms with E-state index in [1.54, 1.807) is 0 Å². The van der Waals surface area contributed by atoms with E-state index in [4.69, 9.17) is 15.2 Å². The Morgan fingerprint density at radius 1 is 1.22 bits per heavy atom. The van der Waals surface area contributed by atoms with Crippen LogP contribution in [0.15, 0.2) is 18.2 Å². The first kappa shape index (κ1) is 13.2. The number of hydrogen-bond donors (Lipinski definition) is 1. The lowest BCUT2D eigenvalue weighted by Gasteiger charge is -2.12. The van der Waals surface area contributed by atoms with Gasteiger partial charge in [-0.15, -0.1) is 0 Å². The molecule has 0 aromatic heterocycles. The van der Waals surface area contributed by atoms with Gasteiger partial charge in [0.1, 0.15) is 11.5 Å². The number of rotatable bonds is 8. The molecule has 0 unspecified atom stereocenters. The fourth-order valence-electron chi connectivity index (χ4n) is 1.89. The topological polar surface area (TPSA) is 44.5 Å². The first-order chi connectivity index (χ1) is 8.83. The molecular weight excluding hydrogens is 226 g/mol. The molecule has 0 radical (unpaired) electrons. The highest BCUT2D eigenvalue weighted by Crippen LogP contribution is 2.33. The zero-order chi connectivity index (χ0) is 12.8. The molecule has 0 saturated heterocycles. The third kappa shape index (κ3) is 3.91. The molecule has 1 aliphatic rings. The van der Waals surface area contributed by atoms with Crippen molar-refractivity contribution in [3.8, 4) is 11.5 Å². The van der Waals surface area contributed by atoms with Gasteiger partial charge in [0.05, 0.1) is 13.2 Å². The molecule has 2 N–H and O–H groups in total. The van der Waals surface area contributed by atoms with E-state index in [1.807, 2.05) is 18.2 Å². The quantitative estimate of drug-likeness (QED) is 0.770. The minimum atomic E-state index is 0.507. The highest BCUT2D eigenvalue weighted by Gasteiger charge is 2.20. The lowest BCUT2D eigenvalue weighted by Crippen LogP contribution is -2.05. The average molecular weight is 249 g/mol. The van der Waals surface area contributed by atoms with Gasteiger partial charge in [0.15, 0.2) is 0 Å². The Bertz CT molecular complexity index is 375. The van der Waals surface area contributed by atoms with Gasteiger partial charge in [-0.25, -0.2) is 0 Å². The summed E-state index contributed by atoms with van der Waals surface area (Å²) < 4.78 is 11.5. The van der Waals surface area contributed by atoms with E-state index < -0.39 is 0 Å². The van der Waals surface area contributed by atoms with Gasteiger partial charge in [-0.05, 0) is 24.8 Å². The van der Waals surface area contributed by atoms with Crippen LogP contribution in [0, 0.1) is 5.92 Å². The molecule has 0 bridgehead atoms. The van der Waals surface area contributed by atoms with E-state index >= 15 is 0 Å². The van der Waals surface area contributed by atoms with Crippen LogP contribution in [0.5, 0.6) is 11.5 Å². The largest absolute Gasteiger partial charge is 0.493 e. The molecule has 0 spiro atoms. The van der Waals surface area contributed by atoms with E-state index in [0.29, 0.717) is 6.54 Å². The summed E-state index contributed by atoms with van der Waals surface area (Å²) in [5.74, 6) is 2.65. The predicted molar refractivity (Wildman–Crippen MR) is 73.0 cm³/mol. The summed E-state index contributed by atoms with van der Waals surface area (Å²) in [5.41, 5.74) is 6.77. The zero-order valence-corrected chi connectivity index (χ0v) is 11.2. The first-order valence-electron chi connectivity index (χ1n) is 6.92. The van der Waals surface area contributed by atoms with Crippen molar-refractivity contribution in [2.75, 3.05) is 13.2 Å². The Morgan fingerprint density at radius 2 is 2.06 bits per heavy atom. The molecule has 100 valence electrons. The maximum atomic E-state index is 5.84. The van der Waals surface area contributed by atoms with E-state index in [0.717, 1.165) is 49.0 Å². The molecule has 2 rings (SSSR count). The number of hydrogen-bond acceptors (Lipinski definition) is 3. The summed E-state index contributed by atoms with van der Waals surface area (Å²) in [5, 5.41) is 0. The highest BCUT2D eigenvalue weighted by atomic mass is 16.5. The van der Waals surface area contributed by atoms with Gasteiger partial charge in [0.2, 0.25) is 0 Å². The van der Waals surface area contributed by atoms with E-state index in [1.165, 1.54) is 12.8 Å². The van der Waals surface area contributed by atoms with Crippen molar-refractivity contribution < 1.29 is 9.47 Å². The summed E-state index contributed by atoms with van der Waals surface area (Å²) in [6.07, 6.45) is 4.90. The molecular formula is C15H23NO2. The van der Waals surface area contributed by atoms with Gasteiger partial charge in [-0.3, -0.25) is 0 Å². The highest BCUT2D eigenvalue weighted by molar-refractivity contribution is 5.40. The van der Waals surface area contributed by atoms with Crippen molar-refractivity contribution in [2.45, 2.75) is 39.2 Å². The molecule has 0 atom stereocenters. The molecule has 0 heterocycles. The van der Waals surface area contributed by atoms with Crippen LogP contribution in [0.4, 0.5) is 0 Å². The van der Waals surface area contributed by atoms with E-state index in [2.05, 4.69) is 6.92 Å². The first-order valence-corrected chi connectivity index (χ1v) is 6.92. The molecule has 0 aliphatic heterocycles. The lowest BCUT2D eigenvalue weighted by atomic mass is 10.2. The second kappa shape index (κ2) is 6.64. The van der Waals surface area contributed by atoms with Crippen molar-refractivity contribution in [3.63, 3.8) is 0 Å². The molecule has 3 nitrogen and oxygen atoms in total. The van der Waals surface area contributed by atoms with Gasteiger partial charge >= 0.3 is 0 Å². The Labute approximate surface area is 109 Å². The van der Waals surface area contributed by atoms with Crippen LogP contribution in [0.3, 0.4) is 0 Å². The van der Waals surface area contributed by atoms with E-state index in [9.17, 15) is 0 Å². The Morgan fingerprint density at radius 3 is 2.72 bits per heavy atom. The lowest BCUT2D eigenvalue weighted by molar-refractivity contribution is 0.290. The van der Waals surface area contributed by atoms with Crippen molar-refractivity contribution in [3.05, 3.63) is 23.8 Å². The van der Waals surface area contributed by atoms with Gasteiger partial charge in [0.25, 0.3) is 0 Å². The van der Waals surface area contributed by atoms with Crippen LogP contribution >= 0.6 is 0 Å². The molecule has 1 saturated carbocycles. The summed E-state index contributed by atoms with van der Waals surface area (Å²) in [7, 11) is 0. The van der Waals surface area contributed by atoms with Gasteiger partial charge in [-0.1, -0.05) is 25.8 Å². The third-order valence-corrected chi connectivity index (χ3v) is 3.21. The fourth-order valence-corrected chi connectivity index (χ4v) is 1.89. The third-order valence-electron chi connectivity index (χ3n) is 3.21. The molecule has 3 heteroatoms. The van der Waals surface area contributed by atoms with Crippen molar-refractivity contribution in [1.29, 1.82) is 0 Å². The SMILES string of the molecule is CCCOc1ccc(CN)c(OCCC2CC2)c1. The van der Waals surface area contributed by atoms with Crippen LogP contribution in [-0.2, 0) is 6.54 Å². The van der Waals surface area contributed by atoms with Crippen molar-refractivity contribution in [2.24, 2.45) is 11.7 Å². The molecule has 18 heavy (non-hydrogen) atoms. The van der Waals surface area contributed by atoms with Crippen LogP contribution in [-0.4, -0.2) is 13.2 Å². The van der Waals surface area contributed by atoms with Crippen LogP contribution in [0.1, 0.15) is 38.2 Å². The van der Waals surface area contributed by atoms with Gasteiger partial charge in [0, 0.05) is 18.2 Å². The predicted octanol–water partition coefficient (Wildman–Crippen LogP) is 3.11. The molecule has 0 amide bonds. The standard InChI is InChI=1S/C15H23NO2/c1-2-8-17-14-6-5-13(11-16)15(10-14)18-9-7-12-3-4-12/h5-6,10,12H,2-4,7-9,11,16H2,1H3. The Hall–Kier alpha value is -1.22. The average Bonchev–Trinajstić information content (AvgIpc) is 3.20. The summed E-state index contributed by atoms with van der Waals surface area (Å²) in [4.78, 5) is 0. The van der Waals surface area contributed by atoms with Crippen molar-refractivity contribution in [1.82, 2.24) is 0 Å². The minimum absolute atomic E-state index is 0.507. The number of benzene rings is 1. The normalized spacial score (nSPS) is 14.6. The minimum Gasteiger partial charge on any atom is -0.493 e. The molecule has 1 aromatic carbocycles. The van der Waals surface area contributed by atoms with Crippen LogP contribution in [0.2, 0.25) is 0 Å². The summed E-state index contributed by atoms with van der Waals surface area (Å²) in [6.45, 7) is 4.13. The van der Waals surface area contributed by atoms with Crippen molar-refractivity contribution >= 4 is 0 Å². The maximum Gasteiger partial charge on any atom is 0.127 e. The number of ether oxygens (including phenoxy) is 2. The molecule has 1 aromatic rings. The van der Waals surface area contributed by atoms with Crippen LogP contribution < -0.4 is 15.2 Å². The monoisotopic (exact) mass is 249 g/mol. The number of nitrogens with two attached hydrogens (primary N) is 1. The second-order valence-electron chi connectivity index (χ2n) is 4.90. The second-order valence-corrected chi connectivity index (χ2v) is 4.90. The zero-order valence-electron chi connectivity index (χ0n) is 11.2. The molecule has 1 aliphatic carbocycles. The maximum absolute atomic E-state index is 5.84.